The van der Waals surface area contributed by atoms with Crippen molar-refractivity contribution in [2.75, 3.05) is 0 Å². The first kappa shape index (κ1) is 7.67. The Morgan fingerprint density at radius 1 is 1.47 bits per heavy atom. The standard InChI is InChI=1S/C10H13NO4/c1-5(12)9(11)10(15)6-2-3-7(13)8(14)4-6/h2-4,9-10,13-15H,11H2,1H3/t9-,10-/m0/s1/i2D,3D,4D. The van der Waals surface area contributed by atoms with Gasteiger partial charge in [0, 0.05) is 0 Å². The number of Topliss-reactive ketones (excluding diaryl/α,β-unsaturated/α-hetero) is 1. The maximum absolute atomic E-state index is 11.1. The highest BCUT2D eigenvalue weighted by molar-refractivity contribution is 5.82. The number of aliphatic hydroxyl groups is 1. The summed E-state index contributed by atoms with van der Waals surface area (Å²) in [5.41, 5.74) is 4.94. The van der Waals surface area contributed by atoms with E-state index in [4.69, 9.17) is 9.85 Å². The van der Waals surface area contributed by atoms with E-state index in [0.29, 0.717) is 0 Å². The molecule has 15 heavy (non-hydrogen) atoms. The van der Waals surface area contributed by atoms with Crippen LogP contribution in [0.25, 0.3) is 0 Å². The fourth-order valence-electron chi connectivity index (χ4n) is 0.954. The Labute approximate surface area is 91.0 Å². The van der Waals surface area contributed by atoms with Gasteiger partial charge in [0.2, 0.25) is 0 Å². The van der Waals surface area contributed by atoms with Gasteiger partial charge in [-0.1, -0.05) is 6.04 Å². The second-order valence-electron chi connectivity index (χ2n) is 3.07. The minimum atomic E-state index is -1.70. The maximum atomic E-state index is 11.1. The number of ketones is 1. The summed E-state index contributed by atoms with van der Waals surface area (Å²) in [5.74, 6) is -2.42. The van der Waals surface area contributed by atoms with Crippen molar-refractivity contribution >= 4 is 5.78 Å². The number of benzene rings is 1. The molecule has 0 amide bonds. The van der Waals surface area contributed by atoms with Crippen LogP contribution < -0.4 is 5.73 Å². The number of carbonyl (C=O) groups is 1. The lowest BCUT2D eigenvalue weighted by Crippen LogP contribution is -2.35. The summed E-state index contributed by atoms with van der Waals surface area (Å²) >= 11 is 0. The molecule has 1 aromatic carbocycles. The van der Waals surface area contributed by atoms with Gasteiger partial charge in [-0.15, -0.1) is 0 Å². The number of rotatable bonds is 3. The molecule has 5 heteroatoms. The summed E-state index contributed by atoms with van der Waals surface area (Å²) in [6.45, 7) is 1.13. The number of hydrogen-bond donors (Lipinski definition) is 4. The third-order valence-electron chi connectivity index (χ3n) is 1.90. The summed E-state index contributed by atoms with van der Waals surface area (Å²) < 4.78 is 22.4. The number of phenols is 2. The summed E-state index contributed by atoms with van der Waals surface area (Å²) in [4.78, 5) is 11.1. The number of hydrogen-bond acceptors (Lipinski definition) is 5. The summed E-state index contributed by atoms with van der Waals surface area (Å²) in [6, 6.07) is -3.49. The molecular formula is C10H13NO4. The Hall–Kier alpha value is -1.59. The van der Waals surface area contributed by atoms with Gasteiger partial charge in [-0.3, -0.25) is 4.79 Å². The van der Waals surface area contributed by atoms with Gasteiger partial charge >= 0.3 is 0 Å². The molecule has 0 spiro atoms. The lowest BCUT2D eigenvalue weighted by molar-refractivity contribution is -0.120. The molecule has 0 saturated carbocycles. The molecule has 0 heterocycles. The fourth-order valence-corrected chi connectivity index (χ4v) is 0.954. The van der Waals surface area contributed by atoms with Crippen LogP contribution in [0, 0.1) is 0 Å². The van der Waals surface area contributed by atoms with E-state index in [1.54, 1.807) is 0 Å². The Morgan fingerprint density at radius 2 is 2.07 bits per heavy atom. The van der Waals surface area contributed by atoms with Crippen molar-refractivity contribution in [1.82, 2.24) is 0 Å². The number of phenolic OH excluding ortho intramolecular Hbond substituents is 2. The molecule has 1 aromatic rings. The van der Waals surface area contributed by atoms with Crippen LogP contribution in [0.5, 0.6) is 11.5 Å². The Balaban J connectivity index is 3.46. The van der Waals surface area contributed by atoms with Crippen LogP contribution in [0.2, 0.25) is 0 Å². The molecule has 0 aliphatic heterocycles. The van der Waals surface area contributed by atoms with Crippen LogP contribution in [-0.4, -0.2) is 27.1 Å². The summed E-state index contributed by atoms with van der Waals surface area (Å²) in [7, 11) is 0. The average Bonchev–Trinajstić information content (AvgIpc) is 2.32. The number of aliphatic hydroxyl groups excluding tert-OH is 1. The van der Waals surface area contributed by atoms with Crippen LogP contribution in [0.3, 0.4) is 0 Å². The molecule has 0 fully saturated rings. The van der Waals surface area contributed by atoms with Crippen molar-refractivity contribution in [3.63, 3.8) is 0 Å². The summed E-state index contributed by atoms with van der Waals surface area (Å²) in [5, 5.41) is 28.4. The van der Waals surface area contributed by atoms with Crippen molar-refractivity contribution in [3.05, 3.63) is 23.7 Å². The largest absolute Gasteiger partial charge is 0.504 e. The topological polar surface area (TPSA) is 104 Å². The van der Waals surface area contributed by atoms with Crippen molar-refractivity contribution in [2.45, 2.75) is 19.1 Å². The number of aromatic hydroxyl groups is 2. The second-order valence-corrected chi connectivity index (χ2v) is 3.07. The van der Waals surface area contributed by atoms with E-state index in [9.17, 15) is 20.1 Å². The Bertz CT molecular complexity index is 477. The third kappa shape index (κ3) is 2.45. The third-order valence-corrected chi connectivity index (χ3v) is 1.90. The van der Waals surface area contributed by atoms with Gasteiger partial charge in [0.05, 0.1) is 10.2 Å². The SMILES string of the molecule is [2H]c1c([2H])c([C@H](O)[C@@H](N)C(C)=O)c([2H])c(O)c1O. The van der Waals surface area contributed by atoms with E-state index < -0.39 is 53.1 Å². The summed E-state index contributed by atoms with van der Waals surface area (Å²) in [6.07, 6.45) is -1.70. The van der Waals surface area contributed by atoms with E-state index >= 15 is 0 Å². The molecule has 0 aliphatic carbocycles. The second kappa shape index (κ2) is 4.29. The highest BCUT2D eigenvalue weighted by Crippen LogP contribution is 2.28. The van der Waals surface area contributed by atoms with Crippen molar-refractivity contribution in [3.8, 4) is 11.5 Å². The normalized spacial score (nSPS) is 17.4. The minimum absolute atomic E-state index is 0.460. The van der Waals surface area contributed by atoms with E-state index in [2.05, 4.69) is 0 Å². The molecular weight excluding hydrogens is 198 g/mol. The average molecular weight is 214 g/mol. The fraction of sp³-hybridized carbons (Fsp3) is 0.300. The van der Waals surface area contributed by atoms with Gasteiger partial charge in [0.1, 0.15) is 11.9 Å². The van der Waals surface area contributed by atoms with Gasteiger partial charge in [0.25, 0.3) is 0 Å². The van der Waals surface area contributed by atoms with Crippen LogP contribution in [-0.2, 0) is 4.79 Å². The van der Waals surface area contributed by atoms with Crippen LogP contribution in [0.4, 0.5) is 0 Å². The first-order chi connectivity index (χ1) is 8.20. The van der Waals surface area contributed by atoms with Crippen molar-refractivity contribution < 1.29 is 24.2 Å². The number of nitrogens with two attached hydrogens (primary N) is 1. The molecule has 5 N–H and O–H groups in total. The first-order valence-corrected chi connectivity index (χ1v) is 4.15. The molecule has 0 aromatic heterocycles. The van der Waals surface area contributed by atoms with Crippen LogP contribution in [0.1, 0.15) is 22.7 Å². The molecule has 5 nitrogen and oxygen atoms in total. The zero-order valence-corrected chi connectivity index (χ0v) is 7.98. The highest BCUT2D eigenvalue weighted by atomic mass is 16.3. The molecule has 0 unspecified atom stereocenters. The zero-order chi connectivity index (χ0) is 14.2. The van der Waals surface area contributed by atoms with E-state index in [-0.39, 0.29) is 0 Å². The molecule has 0 saturated heterocycles. The quantitative estimate of drug-likeness (QED) is 0.532. The van der Waals surface area contributed by atoms with Gasteiger partial charge in [-0.25, -0.2) is 0 Å². The van der Waals surface area contributed by atoms with Crippen LogP contribution >= 0.6 is 0 Å². The van der Waals surface area contributed by atoms with Gasteiger partial charge in [-0.05, 0) is 24.6 Å². The molecule has 82 valence electrons. The first-order valence-electron chi connectivity index (χ1n) is 5.65. The minimum Gasteiger partial charge on any atom is -0.504 e. The molecule has 0 radical (unpaired) electrons. The van der Waals surface area contributed by atoms with E-state index in [0.717, 1.165) is 6.92 Å². The van der Waals surface area contributed by atoms with Gasteiger partial charge in [0.15, 0.2) is 11.5 Å². The molecule has 2 atom stereocenters. The molecule has 0 aliphatic rings. The van der Waals surface area contributed by atoms with Crippen molar-refractivity contribution in [2.24, 2.45) is 5.73 Å². The predicted octanol–water partition coefficient (Wildman–Crippen LogP) is 0.0475. The zero-order valence-electron chi connectivity index (χ0n) is 11.0. The van der Waals surface area contributed by atoms with E-state index in [1.165, 1.54) is 0 Å². The molecule has 1 rings (SSSR count). The lowest BCUT2D eigenvalue weighted by atomic mass is 10.00. The van der Waals surface area contributed by atoms with Crippen LogP contribution in [0.15, 0.2) is 18.1 Å². The predicted molar refractivity (Wildman–Crippen MR) is 53.4 cm³/mol. The highest BCUT2D eigenvalue weighted by Gasteiger charge is 2.21. The number of carbonyl (C=O) groups excluding carboxylic acids is 1. The van der Waals surface area contributed by atoms with Gasteiger partial charge in [-0.2, -0.15) is 0 Å². The van der Waals surface area contributed by atoms with Crippen molar-refractivity contribution in [1.29, 1.82) is 0 Å². The smallest absolute Gasteiger partial charge is 0.157 e. The Kier molecular flexibility index (Phi) is 2.19. The maximum Gasteiger partial charge on any atom is 0.157 e. The Morgan fingerprint density at radius 3 is 2.60 bits per heavy atom. The van der Waals surface area contributed by atoms with Gasteiger partial charge < -0.3 is 21.1 Å². The molecule has 0 bridgehead atoms. The monoisotopic (exact) mass is 214 g/mol. The van der Waals surface area contributed by atoms with E-state index in [1.807, 2.05) is 0 Å². The lowest BCUT2D eigenvalue weighted by Gasteiger charge is -2.16.